The van der Waals surface area contributed by atoms with Crippen molar-refractivity contribution in [2.24, 2.45) is 0 Å². The molecule has 202 valence electrons. The topological polar surface area (TPSA) is 98.4 Å². The van der Waals surface area contributed by atoms with Gasteiger partial charge < -0.3 is 23.7 Å². The van der Waals surface area contributed by atoms with E-state index in [2.05, 4.69) is 4.74 Å². The summed E-state index contributed by atoms with van der Waals surface area (Å²) in [4.78, 5) is 26.8. The van der Waals surface area contributed by atoms with Crippen LogP contribution in [0.2, 0.25) is 0 Å². The number of carbonyl (C=O) groups is 1. The Morgan fingerprint density at radius 3 is 2.26 bits per heavy atom. The van der Waals surface area contributed by atoms with Gasteiger partial charge >= 0.3 is 5.97 Å². The monoisotopic (exact) mass is 533 g/mol. The van der Waals surface area contributed by atoms with Crippen LogP contribution < -0.4 is 14.9 Å². The summed E-state index contributed by atoms with van der Waals surface area (Å²) in [5, 5.41) is 10.5. The van der Waals surface area contributed by atoms with Gasteiger partial charge in [-0.05, 0) is 47.4 Å². The Bertz CT molecular complexity index is 1400. The minimum absolute atomic E-state index is 0.157. The number of rotatable bonds is 8. The molecular formula is C27H26F3NO7. The standard InChI is InChI=1S/C27H26F3NO7/c1-35-22-8-14-4-5-31(12-16(14)9-23(22)36-2)13-17-10-21(32)26(34)27(38-17)18(11-24(33)37-3)15-6-19(28)25(30)20(29)7-15/h6-10,18,34H,4-5,11-13H2,1-3H3/t18-/m0/s1. The molecule has 0 amide bonds. The predicted molar refractivity (Wildman–Crippen MR) is 129 cm³/mol. The van der Waals surface area contributed by atoms with Gasteiger partial charge in [-0.25, -0.2) is 13.2 Å². The van der Waals surface area contributed by atoms with Gasteiger partial charge in [0.05, 0.1) is 40.2 Å². The maximum Gasteiger partial charge on any atom is 0.306 e. The first-order chi connectivity index (χ1) is 18.1. The lowest BCUT2D eigenvalue weighted by Crippen LogP contribution is -2.30. The van der Waals surface area contributed by atoms with Gasteiger partial charge in [-0.15, -0.1) is 0 Å². The van der Waals surface area contributed by atoms with Gasteiger partial charge in [0, 0.05) is 19.2 Å². The third-order valence-electron chi connectivity index (χ3n) is 6.50. The van der Waals surface area contributed by atoms with E-state index in [-0.39, 0.29) is 23.6 Å². The molecule has 3 aromatic rings. The minimum atomic E-state index is -1.69. The van der Waals surface area contributed by atoms with E-state index in [1.54, 1.807) is 14.2 Å². The summed E-state index contributed by atoms with van der Waals surface area (Å²) in [6.45, 7) is 1.27. The van der Waals surface area contributed by atoms with E-state index in [0.29, 0.717) is 43.1 Å². The number of fused-ring (bicyclic) bond motifs is 1. The summed E-state index contributed by atoms with van der Waals surface area (Å²) >= 11 is 0. The highest BCUT2D eigenvalue weighted by Gasteiger charge is 2.29. The van der Waals surface area contributed by atoms with Gasteiger partial charge in [0.2, 0.25) is 11.2 Å². The molecule has 1 aliphatic rings. The van der Waals surface area contributed by atoms with Gasteiger partial charge in [0.1, 0.15) is 5.76 Å². The summed E-state index contributed by atoms with van der Waals surface area (Å²) in [5.74, 6) is -6.65. The third-order valence-corrected chi connectivity index (χ3v) is 6.50. The van der Waals surface area contributed by atoms with E-state index in [4.69, 9.17) is 13.9 Å². The van der Waals surface area contributed by atoms with E-state index in [1.165, 1.54) is 0 Å². The second kappa shape index (κ2) is 11.2. The third kappa shape index (κ3) is 5.47. The largest absolute Gasteiger partial charge is 0.502 e. The number of aromatic hydroxyl groups is 1. The fourth-order valence-electron chi connectivity index (χ4n) is 4.55. The van der Waals surface area contributed by atoms with Crippen LogP contribution in [-0.2, 0) is 29.0 Å². The van der Waals surface area contributed by atoms with Gasteiger partial charge in [-0.1, -0.05) is 0 Å². The maximum absolute atomic E-state index is 14.0. The van der Waals surface area contributed by atoms with Gasteiger partial charge in [-0.2, -0.15) is 0 Å². The molecular weight excluding hydrogens is 507 g/mol. The van der Waals surface area contributed by atoms with E-state index in [1.807, 2.05) is 17.0 Å². The number of esters is 1. The Balaban J connectivity index is 1.68. The summed E-state index contributed by atoms with van der Waals surface area (Å²) < 4.78 is 62.9. The summed E-state index contributed by atoms with van der Waals surface area (Å²) in [6, 6.07) is 6.28. The molecule has 0 fully saturated rings. The zero-order chi connectivity index (χ0) is 27.6. The molecule has 38 heavy (non-hydrogen) atoms. The van der Waals surface area contributed by atoms with Crippen molar-refractivity contribution in [2.45, 2.75) is 31.8 Å². The zero-order valence-electron chi connectivity index (χ0n) is 21.0. The molecule has 8 nitrogen and oxygen atoms in total. The Hall–Kier alpha value is -3.99. The number of carbonyl (C=O) groups excluding carboxylic acids is 1. The molecule has 1 aromatic heterocycles. The molecule has 2 aromatic carbocycles. The van der Waals surface area contributed by atoms with Crippen molar-refractivity contribution in [3.05, 3.63) is 86.2 Å². The van der Waals surface area contributed by atoms with Gasteiger partial charge in [0.25, 0.3) is 0 Å². The van der Waals surface area contributed by atoms with Crippen molar-refractivity contribution in [2.75, 3.05) is 27.9 Å². The minimum Gasteiger partial charge on any atom is -0.502 e. The number of halogens is 3. The summed E-state index contributed by atoms with van der Waals surface area (Å²) in [5.41, 5.74) is 1.07. The van der Waals surface area contributed by atoms with Crippen LogP contribution in [0.1, 0.15) is 40.5 Å². The van der Waals surface area contributed by atoms with E-state index in [0.717, 1.165) is 24.3 Å². The van der Waals surface area contributed by atoms with Crippen LogP contribution in [0.15, 0.2) is 39.5 Å². The molecule has 1 N–H and O–H groups in total. The second-order valence-corrected chi connectivity index (χ2v) is 8.86. The lowest BCUT2D eigenvalue weighted by molar-refractivity contribution is -0.140. The number of methoxy groups -OCH3 is 3. The fraction of sp³-hybridized carbons (Fsp3) is 0.333. The highest BCUT2D eigenvalue weighted by molar-refractivity contribution is 5.71. The first-order valence-corrected chi connectivity index (χ1v) is 11.7. The van der Waals surface area contributed by atoms with E-state index >= 15 is 0 Å². The second-order valence-electron chi connectivity index (χ2n) is 8.86. The summed E-state index contributed by atoms with van der Waals surface area (Å²) in [7, 11) is 4.21. The lowest BCUT2D eigenvalue weighted by Gasteiger charge is -2.29. The zero-order valence-corrected chi connectivity index (χ0v) is 21.0. The smallest absolute Gasteiger partial charge is 0.306 e. The average molecular weight is 533 g/mol. The van der Waals surface area contributed by atoms with Crippen molar-refractivity contribution in [3.63, 3.8) is 0 Å². The number of nitrogens with zero attached hydrogens (tertiary/aromatic N) is 1. The van der Waals surface area contributed by atoms with Crippen molar-refractivity contribution in [1.82, 2.24) is 4.90 Å². The highest BCUT2D eigenvalue weighted by atomic mass is 19.2. The Labute approximate surface area is 216 Å². The maximum atomic E-state index is 14.0. The van der Waals surface area contributed by atoms with Crippen LogP contribution in [0.25, 0.3) is 0 Å². The molecule has 2 heterocycles. The van der Waals surface area contributed by atoms with E-state index < -0.39 is 46.9 Å². The van der Waals surface area contributed by atoms with Gasteiger partial charge in [0.15, 0.2) is 34.7 Å². The normalized spacial score (nSPS) is 14.1. The Kier molecular flexibility index (Phi) is 7.96. The average Bonchev–Trinajstić information content (AvgIpc) is 2.91. The van der Waals surface area contributed by atoms with Crippen LogP contribution in [-0.4, -0.2) is 43.8 Å². The molecule has 0 bridgehead atoms. The molecule has 4 rings (SSSR count). The van der Waals surface area contributed by atoms with Crippen LogP contribution in [0, 0.1) is 17.5 Å². The van der Waals surface area contributed by atoms with Crippen molar-refractivity contribution < 1.29 is 41.7 Å². The summed E-state index contributed by atoms with van der Waals surface area (Å²) in [6.07, 6.45) is 0.156. The number of benzene rings is 2. The molecule has 1 atom stereocenters. The first-order valence-electron chi connectivity index (χ1n) is 11.7. The van der Waals surface area contributed by atoms with Crippen molar-refractivity contribution >= 4 is 5.97 Å². The van der Waals surface area contributed by atoms with Crippen LogP contribution >= 0.6 is 0 Å². The Morgan fingerprint density at radius 2 is 1.66 bits per heavy atom. The molecule has 0 saturated heterocycles. The molecule has 0 aliphatic carbocycles. The van der Waals surface area contributed by atoms with Gasteiger partial charge in [-0.3, -0.25) is 14.5 Å². The molecule has 0 spiro atoms. The predicted octanol–water partition coefficient (Wildman–Crippen LogP) is 4.03. The molecule has 0 unspecified atom stereocenters. The highest BCUT2D eigenvalue weighted by Crippen LogP contribution is 2.36. The first kappa shape index (κ1) is 27.1. The fourth-order valence-corrected chi connectivity index (χ4v) is 4.55. The van der Waals surface area contributed by atoms with Crippen molar-refractivity contribution in [1.29, 1.82) is 0 Å². The molecule has 0 saturated carbocycles. The Morgan fingerprint density at radius 1 is 1.03 bits per heavy atom. The SMILES string of the molecule is COC(=O)C[C@@H](c1cc(F)c(F)c(F)c1)c1oc(CN2CCc3cc(OC)c(OC)cc3C2)cc(=O)c1O. The molecule has 0 radical (unpaired) electrons. The number of hydrogen-bond acceptors (Lipinski definition) is 8. The lowest BCUT2D eigenvalue weighted by atomic mass is 9.92. The van der Waals surface area contributed by atoms with Crippen LogP contribution in [0.3, 0.4) is 0 Å². The van der Waals surface area contributed by atoms with Crippen molar-refractivity contribution in [3.8, 4) is 17.2 Å². The molecule has 11 heteroatoms. The van der Waals surface area contributed by atoms with E-state index in [9.17, 15) is 27.9 Å². The van der Waals surface area contributed by atoms with Crippen LogP contribution in [0.4, 0.5) is 13.2 Å². The molecule has 1 aliphatic heterocycles. The quantitative estimate of drug-likeness (QED) is 0.342. The van der Waals surface area contributed by atoms with Crippen LogP contribution in [0.5, 0.6) is 17.2 Å². The number of ether oxygens (including phenoxy) is 3. The number of hydrogen-bond donors (Lipinski definition) is 1.